The van der Waals surface area contributed by atoms with Gasteiger partial charge in [0.25, 0.3) is 0 Å². The number of carbonyl (C=O) groups excluding carboxylic acids is 1. The molecule has 7 heteroatoms. The van der Waals surface area contributed by atoms with Gasteiger partial charge in [-0.15, -0.1) is 0 Å². The summed E-state index contributed by atoms with van der Waals surface area (Å²) in [6.45, 7) is 7.02. The van der Waals surface area contributed by atoms with E-state index in [9.17, 15) is 13.2 Å². The molecule has 0 spiro atoms. The summed E-state index contributed by atoms with van der Waals surface area (Å²) < 4.78 is 26.8. The summed E-state index contributed by atoms with van der Waals surface area (Å²) in [5, 5.41) is 2.89. The number of hydrogen-bond donors (Lipinski definition) is 2. The molecule has 0 aliphatic heterocycles. The number of anilines is 1. The van der Waals surface area contributed by atoms with Crippen LogP contribution in [-0.2, 0) is 35.7 Å². The average molecular weight is 408 g/mol. The summed E-state index contributed by atoms with van der Waals surface area (Å²) in [6, 6.07) is 1.67. The number of unbranched alkanes of at least 4 members (excludes halogenated alkanes) is 1. The third-order valence-electron chi connectivity index (χ3n) is 5.99. The number of rotatable bonds is 9. The van der Waals surface area contributed by atoms with Crippen molar-refractivity contribution >= 4 is 21.7 Å². The van der Waals surface area contributed by atoms with Gasteiger partial charge in [-0.25, -0.2) is 17.9 Å². The molecule has 3 rings (SSSR count). The van der Waals surface area contributed by atoms with Crippen molar-refractivity contribution in [3.63, 3.8) is 0 Å². The van der Waals surface area contributed by atoms with Crippen LogP contribution >= 0.6 is 0 Å². The molecule has 0 heterocycles. The van der Waals surface area contributed by atoms with Gasteiger partial charge in [0.2, 0.25) is 10.0 Å². The number of nitrogens with one attached hydrogen (secondary N) is 2. The maximum Gasteiger partial charge on any atom is 0.332 e. The van der Waals surface area contributed by atoms with Crippen molar-refractivity contribution < 1.29 is 13.2 Å². The molecule has 0 fully saturated rings. The summed E-state index contributed by atoms with van der Waals surface area (Å²) in [7, 11) is -3.62. The minimum atomic E-state index is -3.62. The highest BCUT2D eigenvalue weighted by atomic mass is 32.2. The molecule has 28 heavy (non-hydrogen) atoms. The van der Waals surface area contributed by atoms with E-state index in [0.717, 1.165) is 70.3 Å². The molecule has 1 aromatic carbocycles. The number of sulfonamides is 1. The third-order valence-corrected chi connectivity index (χ3v) is 7.31. The Morgan fingerprint density at radius 1 is 1.00 bits per heavy atom. The smallest absolute Gasteiger partial charge is 0.307 e. The third kappa shape index (κ3) is 5.06. The second kappa shape index (κ2) is 9.27. The van der Waals surface area contributed by atoms with Crippen LogP contribution in [0.3, 0.4) is 0 Å². The highest BCUT2D eigenvalue weighted by Gasteiger charge is 2.25. The molecule has 0 bridgehead atoms. The molecule has 2 aliphatic carbocycles. The Balaban J connectivity index is 1.57. The molecular weight excluding hydrogens is 374 g/mol. The number of hydrogen-bond acceptors (Lipinski definition) is 4. The lowest BCUT2D eigenvalue weighted by Crippen LogP contribution is -2.36. The molecule has 2 N–H and O–H groups in total. The number of amides is 2. The number of nitrogens with zero attached hydrogens (tertiary/aromatic N) is 1. The van der Waals surface area contributed by atoms with Crippen LogP contribution < -0.4 is 10.0 Å². The van der Waals surface area contributed by atoms with Crippen LogP contribution in [0.25, 0.3) is 0 Å². The van der Waals surface area contributed by atoms with Crippen LogP contribution in [0.15, 0.2) is 6.07 Å². The molecule has 2 aliphatic rings. The van der Waals surface area contributed by atoms with Crippen molar-refractivity contribution in [1.82, 2.24) is 9.62 Å². The van der Waals surface area contributed by atoms with E-state index in [1.54, 1.807) is 0 Å². The fraction of sp³-hybridized carbons (Fsp3) is 0.667. The highest BCUT2D eigenvalue weighted by Crippen LogP contribution is 2.38. The maximum absolute atomic E-state index is 12.5. The zero-order chi connectivity index (χ0) is 20.1. The Labute approximate surface area is 169 Å². The van der Waals surface area contributed by atoms with Crippen LogP contribution in [0.4, 0.5) is 10.5 Å². The van der Waals surface area contributed by atoms with Crippen molar-refractivity contribution in [1.29, 1.82) is 0 Å². The molecule has 0 atom stereocenters. The van der Waals surface area contributed by atoms with Gasteiger partial charge in [0.1, 0.15) is 0 Å². The Morgan fingerprint density at radius 3 is 2.18 bits per heavy atom. The first kappa shape index (κ1) is 21.1. The molecule has 0 aromatic heterocycles. The summed E-state index contributed by atoms with van der Waals surface area (Å²) in [5.41, 5.74) is 5.90. The summed E-state index contributed by atoms with van der Waals surface area (Å²) in [5.74, 6) is -0.0211. The van der Waals surface area contributed by atoms with Gasteiger partial charge in [0, 0.05) is 5.69 Å². The van der Waals surface area contributed by atoms with Gasteiger partial charge >= 0.3 is 6.03 Å². The van der Waals surface area contributed by atoms with E-state index >= 15 is 0 Å². The standard InChI is InChI=1S/C21H33N3O3S/c1-3-24(4-2)13-5-6-14-28(26,27)23-21(25)22-20-18-11-7-9-16(18)15-17-10-8-12-19(17)20/h15H,3-14H2,1-2H3,(H2,22,23,25). The van der Waals surface area contributed by atoms with Crippen LogP contribution in [-0.4, -0.2) is 44.7 Å². The number of fused-ring (bicyclic) bond motifs is 2. The first-order chi connectivity index (χ1) is 13.4. The molecule has 156 valence electrons. The molecule has 0 unspecified atom stereocenters. The summed E-state index contributed by atoms with van der Waals surface area (Å²) in [6.07, 6.45) is 7.55. The van der Waals surface area contributed by atoms with Crippen molar-refractivity contribution in [2.45, 2.75) is 65.2 Å². The number of carbonyl (C=O) groups is 1. The summed E-state index contributed by atoms with van der Waals surface area (Å²) >= 11 is 0. The molecule has 0 saturated carbocycles. The predicted octanol–water partition coefficient (Wildman–Crippen LogP) is 3.24. The normalized spacial score (nSPS) is 15.5. The lowest BCUT2D eigenvalue weighted by Gasteiger charge is -2.18. The van der Waals surface area contributed by atoms with Gasteiger partial charge in [-0.3, -0.25) is 0 Å². The minimum absolute atomic E-state index is 0.0211. The van der Waals surface area contributed by atoms with Crippen molar-refractivity contribution in [2.24, 2.45) is 0 Å². The quantitative estimate of drug-likeness (QED) is 0.616. The minimum Gasteiger partial charge on any atom is -0.307 e. The summed E-state index contributed by atoms with van der Waals surface area (Å²) in [4.78, 5) is 14.7. The first-order valence-electron chi connectivity index (χ1n) is 10.6. The van der Waals surface area contributed by atoms with E-state index in [1.165, 1.54) is 22.3 Å². The Bertz CT molecular complexity index is 784. The first-order valence-corrected chi connectivity index (χ1v) is 12.3. The molecule has 0 radical (unpaired) electrons. The Kier molecular flexibility index (Phi) is 6.99. The molecule has 6 nitrogen and oxygen atoms in total. The van der Waals surface area contributed by atoms with E-state index in [2.05, 4.69) is 34.9 Å². The number of urea groups is 1. The van der Waals surface area contributed by atoms with Gasteiger partial charge < -0.3 is 10.2 Å². The monoisotopic (exact) mass is 407 g/mol. The van der Waals surface area contributed by atoms with E-state index in [4.69, 9.17) is 0 Å². The zero-order valence-electron chi connectivity index (χ0n) is 17.1. The molecular formula is C21H33N3O3S. The van der Waals surface area contributed by atoms with E-state index in [-0.39, 0.29) is 5.75 Å². The van der Waals surface area contributed by atoms with Gasteiger partial charge in [0.05, 0.1) is 5.75 Å². The van der Waals surface area contributed by atoms with Crippen LogP contribution in [0, 0.1) is 0 Å². The Morgan fingerprint density at radius 2 is 1.61 bits per heavy atom. The van der Waals surface area contributed by atoms with Gasteiger partial charge in [-0.1, -0.05) is 19.9 Å². The SMILES string of the molecule is CCN(CC)CCCCS(=O)(=O)NC(=O)Nc1c2c(cc3c1CCC3)CCC2. The highest BCUT2D eigenvalue weighted by molar-refractivity contribution is 7.90. The van der Waals surface area contributed by atoms with Crippen molar-refractivity contribution in [2.75, 3.05) is 30.7 Å². The van der Waals surface area contributed by atoms with Crippen molar-refractivity contribution in [3.05, 3.63) is 28.3 Å². The maximum atomic E-state index is 12.5. The fourth-order valence-corrected chi connectivity index (χ4v) is 5.49. The van der Waals surface area contributed by atoms with Crippen LogP contribution in [0.5, 0.6) is 0 Å². The number of aryl methyl sites for hydroxylation is 2. The topological polar surface area (TPSA) is 78.5 Å². The molecule has 1 aromatic rings. The van der Waals surface area contributed by atoms with E-state index in [1.807, 2.05) is 0 Å². The van der Waals surface area contributed by atoms with Crippen LogP contribution in [0.2, 0.25) is 0 Å². The van der Waals surface area contributed by atoms with Gasteiger partial charge in [-0.2, -0.15) is 0 Å². The molecule has 0 saturated heterocycles. The Hall–Kier alpha value is -1.60. The van der Waals surface area contributed by atoms with E-state index < -0.39 is 16.1 Å². The van der Waals surface area contributed by atoms with Gasteiger partial charge in [0.15, 0.2) is 0 Å². The van der Waals surface area contributed by atoms with Crippen molar-refractivity contribution in [3.8, 4) is 0 Å². The second-order valence-corrected chi connectivity index (χ2v) is 9.68. The van der Waals surface area contributed by atoms with E-state index in [0.29, 0.717) is 6.42 Å². The second-order valence-electron chi connectivity index (χ2n) is 7.84. The number of benzene rings is 1. The van der Waals surface area contributed by atoms with Gasteiger partial charge in [-0.05, 0) is 93.3 Å². The zero-order valence-corrected chi connectivity index (χ0v) is 18.0. The van der Waals surface area contributed by atoms with Crippen LogP contribution in [0.1, 0.15) is 61.8 Å². The lowest BCUT2D eigenvalue weighted by atomic mass is 9.99. The largest absolute Gasteiger partial charge is 0.332 e. The molecule has 2 amide bonds. The lowest BCUT2D eigenvalue weighted by molar-refractivity contribution is 0.256. The predicted molar refractivity (Wildman–Crippen MR) is 113 cm³/mol. The average Bonchev–Trinajstić information content (AvgIpc) is 3.30. The fourth-order valence-electron chi connectivity index (χ4n) is 4.47.